The van der Waals surface area contributed by atoms with Crippen molar-refractivity contribution >= 4 is 11.5 Å². The molecular formula is C11H20N4O. The minimum Gasteiger partial charge on any atom is -0.479 e. The number of hydrogen-bond donors (Lipinski definition) is 2. The van der Waals surface area contributed by atoms with E-state index >= 15 is 0 Å². The topological polar surface area (TPSA) is 73.1 Å². The SMILES string of the molecule is CCC(C)(CC)Nc1ncnc(OC)c1N. The van der Waals surface area contributed by atoms with E-state index in [9.17, 15) is 0 Å². The van der Waals surface area contributed by atoms with Crippen LogP contribution in [-0.4, -0.2) is 22.6 Å². The van der Waals surface area contributed by atoms with Crippen molar-refractivity contribution < 1.29 is 4.74 Å². The zero-order valence-corrected chi connectivity index (χ0v) is 10.4. The van der Waals surface area contributed by atoms with Crippen molar-refractivity contribution in [1.29, 1.82) is 0 Å². The molecule has 0 amide bonds. The van der Waals surface area contributed by atoms with Crippen LogP contribution in [0.2, 0.25) is 0 Å². The van der Waals surface area contributed by atoms with Gasteiger partial charge in [0, 0.05) is 5.54 Å². The van der Waals surface area contributed by atoms with Gasteiger partial charge in [-0.15, -0.1) is 0 Å². The average Bonchev–Trinajstić information content (AvgIpc) is 2.32. The lowest BCUT2D eigenvalue weighted by Gasteiger charge is -2.29. The third-order valence-corrected chi connectivity index (χ3v) is 3.02. The minimum absolute atomic E-state index is 0.00646. The van der Waals surface area contributed by atoms with Crippen LogP contribution in [0.25, 0.3) is 0 Å². The summed E-state index contributed by atoms with van der Waals surface area (Å²) in [5.74, 6) is 1.05. The van der Waals surface area contributed by atoms with E-state index in [2.05, 4.69) is 36.1 Å². The predicted molar refractivity (Wildman–Crippen MR) is 65.6 cm³/mol. The second kappa shape index (κ2) is 5.01. The summed E-state index contributed by atoms with van der Waals surface area (Å²) < 4.78 is 5.05. The Balaban J connectivity index is 2.97. The highest BCUT2D eigenvalue weighted by Gasteiger charge is 2.21. The van der Waals surface area contributed by atoms with Gasteiger partial charge in [0.25, 0.3) is 0 Å². The molecule has 0 unspecified atom stereocenters. The maximum absolute atomic E-state index is 5.90. The van der Waals surface area contributed by atoms with E-state index in [1.165, 1.54) is 6.33 Å². The lowest BCUT2D eigenvalue weighted by Crippen LogP contribution is -2.33. The van der Waals surface area contributed by atoms with Crippen LogP contribution in [0.3, 0.4) is 0 Å². The first-order valence-electron chi connectivity index (χ1n) is 5.49. The molecule has 0 fully saturated rings. The molecule has 0 aromatic carbocycles. The Hall–Kier alpha value is -1.52. The Kier molecular flexibility index (Phi) is 3.93. The number of nitrogen functional groups attached to an aromatic ring is 1. The molecule has 90 valence electrons. The molecule has 0 saturated carbocycles. The first kappa shape index (κ1) is 12.5. The number of methoxy groups -OCH3 is 1. The number of ether oxygens (including phenoxy) is 1. The second-order valence-corrected chi connectivity index (χ2v) is 4.04. The largest absolute Gasteiger partial charge is 0.479 e. The van der Waals surface area contributed by atoms with Crippen LogP contribution < -0.4 is 15.8 Å². The summed E-state index contributed by atoms with van der Waals surface area (Å²) in [5.41, 5.74) is 6.35. The highest BCUT2D eigenvalue weighted by molar-refractivity contribution is 5.67. The number of aromatic nitrogens is 2. The van der Waals surface area contributed by atoms with Gasteiger partial charge in [0.1, 0.15) is 12.0 Å². The van der Waals surface area contributed by atoms with Crippen LogP contribution in [0.4, 0.5) is 11.5 Å². The van der Waals surface area contributed by atoms with Gasteiger partial charge in [0.05, 0.1) is 7.11 Å². The Bertz CT molecular complexity index is 350. The first-order valence-corrected chi connectivity index (χ1v) is 5.49. The number of anilines is 2. The van der Waals surface area contributed by atoms with Crippen LogP contribution in [0.1, 0.15) is 33.6 Å². The minimum atomic E-state index is -0.00646. The number of nitrogens with zero attached hydrogens (tertiary/aromatic N) is 2. The number of hydrogen-bond acceptors (Lipinski definition) is 5. The maximum atomic E-state index is 5.90. The quantitative estimate of drug-likeness (QED) is 0.800. The molecule has 0 spiro atoms. The molecule has 0 aliphatic rings. The zero-order valence-electron chi connectivity index (χ0n) is 10.4. The van der Waals surface area contributed by atoms with Gasteiger partial charge < -0.3 is 15.8 Å². The fraction of sp³-hybridized carbons (Fsp3) is 0.636. The predicted octanol–water partition coefficient (Wildman–Crippen LogP) is 2.06. The molecule has 0 aliphatic heterocycles. The van der Waals surface area contributed by atoms with Gasteiger partial charge in [-0.3, -0.25) is 0 Å². The third kappa shape index (κ3) is 2.53. The Morgan fingerprint density at radius 1 is 1.38 bits per heavy atom. The number of nitrogens with one attached hydrogen (secondary N) is 1. The lowest BCUT2D eigenvalue weighted by molar-refractivity contribution is 0.399. The molecule has 0 atom stereocenters. The van der Waals surface area contributed by atoms with E-state index in [0.29, 0.717) is 17.4 Å². The summed E-state index contributed by atoms with van der Waals surface area (Å²) in [6, 6.07) is 0. The fourth-order valence-electron chi connectivity index (χ4n) is 1.35. The zero-order chi connectivity index (χ0) is 12.2. The van der Waals surface area contributed by atoms with Gasteiger partial charge >= 0.3 is 0 Å². The molecule has 0 aliphatic carbocycles. The maximum Gasteiger partial charge on any atom is 0.242 e. The van der Waals surface area contributed by atoms with E-state index in [4.69, 9.17) is 10.5 Å². The standard InChI is InChI=1S/C11H20N4O/c1-5-11(3,6-2)15-9-8(12)10(16-4)14-7-13-9/h7H,5-6,12H2,1-4H3,(H,13,14,15). The van der Waals surface area contributed by atoms with Gasteiger partial charge in [-0.1, -0.05) is 13.8 Å². The number of rotatable bonds is 5. The molecule has 5 heteroatoms. The Morgan fingerprint density at radius 3 is 2.50 bits per heavy atom. The highest BCUT2D eigenvalue weighted by Crippen LogP contribution is 2.28. The van der Waals surface area contributed by atoms with Crippen molar-refractivity contribution in [2.45, 2.75) is 39.2 Å². The normalized spacial score (nSPS) is 11.2. The van der Waals surface area contributed by atoms with Crippen molar-refractivity contribution in [1.82, 2.24) is 9.97 Å². The van der Waals surface area contributed by atoms with Crippen LogP contribution in [0.15, 0.2) is 6.33 Å². The van der Waals surface area contributed by atoms with Crippen molar-refractivity contribution in [2.75, 3.05) is 18.2 Å². The molecule has 1 aromatic heterocycles. The summed E-state index contributed by atoms with van der Waals surface area (Å²) in [5, 5.41) is 3.34. The molecule has 16 heavy (non-hydrogen) atoms. The monoisotopic (exact) mass is 224 g/mol. The van der Waals surface area contributed by atoms with Crippen LogP contribution in [0.5, 0.6) is 5.88 Å². The first-order chi connectivity index (χ1) is 7.56. The van der Waals surface area contributed by atoms with Crippen molar-refractivity contribution in [3.8, 4) is 5.88 Å². The molecule has 1 aromatic rings. The van der Waals surface area contributed by atoms with Crippen LogP contribution >= 0.6 is 0 Å². The summed E-state index contributed by atoms with van der Waals surface area (Å²) in [7, 11) is 1.54. The molecule has 0 bridgehead atoms. The van der Waals surface area contributed by atoms with Gasteiger partial charge in [0.2, 0.25) is 5.88 Å². The molecule has 1 rings (SSSR count). The van der Waals surface area contributed by atoms with Gasteiger partial charge in [-0.05, 0) is 19.8 Å². The van der Waals surface area contributed by atoms with Gasteiger partial charge in [0.15, 0.2) is 5.82 Å². The van der Waals surface area contributed by atoms with Crippen molar-refractivity contribution in [3.63, 3.8) is 0 Å². The average molecular weight is 224 g/mol. The fourth-order valence-corrected chi connectivity index (χ4v) is 1.35. The van der Waals surface area contributed by atoms with Gasteiger partial charge in [-0.2, -0.15) is 4.98 Å². The summed E-state index contributed by atoms with van der Waals surface area (Å²) in [4.78, 5) is 8.08. The third-order valence-electron chi connectivity index (χ3n) is 3.02. The van der Waals surface area contributed by atoms with E-state index in [-0.39, 0.29) is 5.54 Å². The summed E-state index contributed by atoms with van der Waals surface area (Å²) >= 11 is 0. The molecule has 3 N–H and O–H groups in total. The van der Waals surface area contributed by atoms with Crippen LogP contribution in [0, 0.1) is 0 Å². The molecular weight excluding hydrogens is 204 g/mol. The summed E-state index contributed by atoms with van der Waals surface area (Å²) in [6.45, 7) is 6.40. The molecule has 0 saturated heterocycles. The molecule has 0 radical (unpaired) electrons. The van der Waals surface area contributed by atoms with E-state index < -0.39 is 0 Å². The molecule has 5 nitrogen and oxygen atoms in total. The highest BCUT2D eigenvalue weighted by atomic mass is 16.5. The Labute approximate surface area is 96.4 Å². The molecule has 1 heterocycles. The second-order valence-electron chi connectivity index (χ2n) is 4.04. The Morgan fingerprint density at radius 2 is 2.00 bits per heavy atom. The van der Waals surface area contributed by atoms with Gasteiger partial charge in [-0.25, -0.2) is 4.98 Å². The van der Waals surface area contributed by atoms with Crippen molar-refractivity contribution in [3.05, 3.63) is 6.33 Å². The van der Waals surface area contributed by atoms with Crippen molar-refractivity contribution in [2.24, 2.45) is 0 Å². The smallest absolute Gasteiger partial charge is 0.242 e. The number of nitrogens with two attached hydrogens (primary N) is 1. The van der Waals surface area contributed by atoms with Crippen LogP contribution in [-0.2, 0) is 0 Å². The van der Waals surface area contributed by atoms with E-state index in [1.807, 2.05) is 0 Å². The summed E-state index contributed by atoms with van der Waals surface area (Å²) in [6.07, 6.45) is 3.44. The lowest BCUT2D eigenvalue weighted by atomic mass is 9.95. The van der Waals surface area contributed by atoms with E-state index in [0.717, 1.165) is 12.8 Å². The van der Waals surface area contributed by atoms with E-state index in [1.54, 1.807) is 7.11 Å².